The number of carbonyl (C=O) groups excluding carboxylic acids is 2. The van der Waals surface area contributed by atoms with Gasteiger partial charge in [-0.3, -0.25) is 15.0 Å². The lowest BCUT2D eigenvalue weighted by Crippen LogP contribution is -2.41. The van der Waals surface area contributed by atoms with E-state index in [1.165, 1.54) is 12.1 Å². The molecule has 2 aromatic rings. The third-order valence-electron chi connectivity index (χ3n) is 6.19. The number of nitro groups is 1. The zero-order valence-corrected chi connectivity index (χ0v) is 21.1. The van der Waals surface area contributed by atoms with Crippen molar-refractivity contribution in [3.05, 3.63) is 92.4 Å². The normalized spacial score (nSPS) is 17.8. The van der Waals surface area contributed by atoms with Gasteiger partial charge in [0, 0.05) is 5.56 Å². The molecular formula is C27H24N4O7. The Morgan fingerprint density at radius 1 is 1.16 bits per heavy atom. The van der Waals surface area contributed by atoms with E-state index < -0.39 is 39.8 Å². The van der Waals surface area contributed by atoms with Crippen LogP contribution in [0.4, 0.5) is 11.4 Å². The summed E-state index contributed by atoms with van der Waals surface area (Å²) in [4.78, 5) is 39.0. The van der Waals surface area contributed by atoms with Crippen LogP contribution in [-0.4, -0.2) is 36.7 Å². The number of methoxy groups -OCH3 is 2. The fourth-order valence-corrected chi connectivity index (χ4v) is 4.49. The molecule has 2 aliphatic rings. The van der Waals surface area contributed by atoms with Crippen LogP contribution in [0.25, 0.3) is 6.08 Å². The fraction of sp³-hybridized carbons (Fsp3) is 0.222. The average Bonchev–Trinajstić information content (AvgIpc) is 2.90. The number of nitrogens with two attached hydrogens (primary N) is 1. The molecule has 38 heavy (non-hydrogen) atoms. The first-order valence-electron chi connectivity index (χ1n) is 11.4. The summed E-state index contributed by atoms with van der Waals surface area (Å²) < 4.78 is 15.9. The lowest BCUT2D eigenvalue weighted by atomic mass is 9.80. The number of esters is 2. The van der Waals surface area contributed by atoms with Gasteiger partial charge in [0.15, 0.2) is 0 Å². The van der Waals surface area contributed by atoms with Gasteiger partial charge in [0.2, 0.25) is 0 Å². The second kappa shape index (κ2) is 9.74. The Morgan fingerprint density at radius 2 is 1.82 bits per heavy atom. The van der Waals surface area contributed by atoms with Gasteiger partial charge in [-0.1, -0.05) is 36.4 Å². The molecule has 4 rings (SSSR count). The molecule has 0 bridgehead atoms. The van der Waals surface area contributed by atoms with Crippen LogP contribution in [0, 0.1) is 21.4 Å². The van der Waals surface area contributed by atoms with Crippen LogP contribution in [0.2, 0.25) is 0 Å². The van der Waals surface area contributed by atoms with Crippen LogP contribution in [0.5, 0.6) is 5.75 Å². The molecule has 0 spiro atoms. The average molecular weight is 517 g/mol. The van der Waals surface area contributed by atoms with Gasteiger partial charge >= 0.3 is 11.9 Å². The highest BCUT2D eigenvalue weighted by Gasteiger charge is 2.45. The molecule has 0 saturated carbocycles. The zero-order chi connectivity index (χ0) is 27.8. The number of rotatable bonds is 5. The highest BCUT2D eigenvalue weighted by molar-refractivity contribution is 6.07. The first-order valence-corrected chi connectivity index (χ1v) is 11.4. The summed E-state index contributed by atoms with van der Waals surface area (Å²) in [5.41, 5.74) is 5.31. The second-order valence-corrected chi connectivity index (χ2v) is 9.01. The molecule has 0 aliphatic carbocycles. The van der Waals surface area contributed by atoms with Gasteiger partial charge in [-0.2, -0.15) is 5.26 Å². The van der Waals surface area contributed by atoms with Gasteiger partial charge in [0.05, 0.1) is 48.3 Å². The monoisotopic (exact) mass is 516 g/mol. The van der Waals surface area contributed by atoms with Crippen LogP contribution in [0.3, 0.4) is 0 Å². The van der Waals surface area contributed by atoms with Crippen LogP contribution < -0.4 is 15.4 Å². The summed E-state index contributed by atoms with van der Waals surface area (Å²) >= 11 is 0. The quantitative estimate of drug-likeness (QED) is 0.353. The summed E-state index contributed by atoms with van der Waals surface area (Å²) in [6.45, 7) is 3.59. The molecule has 2 aromatic carbocycles. The molecule has 194 valence electrons. The predicted octanol–water partition coefficient (Wildman–Crippen LogP) is 3.68. The van der Waals surface area contributed by atoms with Gasteiger partial charge in [-0.25, -0.2) is 9.59 Å². The molecule has 0 saturated heterocycles. The third kappa shape index (κ3) is 4.32. The number of ether oxygens (including phenoxy) is 3. The molecule has 1 atom stereocenters. The first kappa shape index (κ1) is 26.0. The standard InChI is InChI=1S/C27H24N4O7/c1-27(2)11-10-16-12-18(19(31(34)35)13-20(16)38-27)30-23(26(33)37-4)22(25(32)36-3)21(17(14-28)24(30)29)15-8-6-5-7-9-15/h5-13,21H,29H2,1-4H3. The Morgan fingerprint density at radius 3 is 2.39 bits per heavy atom. The van der Waals surface area contributed by atoms with E-state index in [-0.39, 0.29) is 28.4 Å². The van der Waals surface area contributed by atoms with Gasteiger partial charge in [-0.05, 0) is 31.6 Å². The molecule has 2 aliphatic heterocycles. The molecule has 11 nitrogen and oxygen atoms in total. The molecule has 1 unspecified atom stereocenters. The summed E-state index contributed by atoms with van der Waals surface area (Å²) in [6.07, 6.45) is 3.49. The zero-order valence-electron chi connectivity index (χ0n) is 21.1. The minimum absolute atomic E-state index is 0.107. The maximum absolute atomic E-state index is 13.3. The maximum atomic E-state index is 13.3. The number of nitrogens with zero attached hydrogens (tertiary/aromatic N) is 3. The molecule has 0 aromatic heterocycles. The van der Waals surface area contributed by atoms with Crippen molar-refractivity contribution in [2.75, 3.05) is 19.1 Å². The van der Waals surface area contributed by atoms with E-state index in [0.717, 1.165) is 19.1 Å². The lowest BCUT2D eigenvalue weighted by Gasteiger charge is -2.36. The third-order valence-corrected chi connectivity index (χ3v) is 6.19. The van der Waals surface area contributed by atoms with E-state index in [4.69, 9.17) is 19.9 Å². The Hall–Kier alpha value is -5.11. The van der Waals surface area contributed by atoms with Crippen LogP contribution in [0.1, 0.15) is 30.9 Å². The van der Waals surface area contributed by atoms with Gasteiger partial charge in [0.25, 0.3) is 5.69 Å². The largest absolute Gasteiger partial charge is 0.483 e. The smallest absolute Gasteiger partial charge is 0.355 e. The van der Waals surface area contributed by atoms with Crippen molar-refractivity contribution in [3.8, 4) is 11.8 Å². The molecule has 0 radical (unpaired) electrons. The molecule has 2 heterocycles. The van der Waals surface area contributed by atoms with E-state index in [2.05, 4.69) is 0 Å². The summed E-state index contributed by atoms with van der Waals surface area (Å²) in [7, 11) is 2.22. The number of nitro benzene ring substituents is 1. The van der Waals surface area contributed by atoms with Crippen molar-refractivity contribution in [1.29, 1.82) is 5.26 Å². The van der Waals surface area contributed by atoms with Crippen molar-refractivity contribution in [2.24, 2.45) is 5.73 Å². The van der Waals surface area contributed by atoms with Crippen LogP contribution in [0.15, 0.2) is 71.2 Å². The molecule has 0 amide bonds. The summed E-state index contributed by atoms with van der Waals surface area (Å²) in [5.74, 6) is -3.08. The SMILES string of the molecule is COC(=O)C1=C(C(=O)OC)N(c2cc3c(cc2[N+](=O)[O-])OC(C)(C)C=C3)C(N)=C(C#N)C1c1ccccc1. The first-order chi connectivity index (χ1) is 18.0. The number of carbonyl (C=O) groups is 2. The highest BCUT2D eigenvalue weighted by Crippen LogP contribution is 2.47. The van der Waals surface area contributed by atoms with Crippen molar-refractivity contribution >= 4 is 29.4 Å². The van der Waals surface area contributed by atoms with Gasteiger partial charge in [0.1, 0.15) is 28.6 Å². The summed E-state index contributed by atoms with van der Waals surface area (Å²) in [6, 6.07) is 13.1. The van der Waals surface area contributed by atoms with Crippen LogP contribution >= 0.6 is 0 Å². The number of benzene rings is 2. The van der Waals surface area contributed by atoms with E-state index in [9.17, 15) is 25.0 Å². The Bertz CT molecular complexity index is 1480. The highest BCUT2D eigenvalue weighted by atomic mass is 16.6. The Labute approximate surface area is 218 Å². The van der Waals surface area contributed by atoms with E-state index >= 15 is 0 Å². The Kier molecular flexibility index (Phi) is 6.66. The number of anilines is 1. The maximum Gasteiger partial charge on any atom is 0.355 e. The van der Waals surface area contributed by atoms with Crippen molar-refractivity contribution in [1.82, 2.24) is 0 Å². The minimum atomic E-state index is -1.10. The van der Waals surface area contributed by atoms with E-state index in [1.807, 2.05) is 6.07 Å². The topological polar surface area (TPSA) is 158 Å². The minimum Gasteiger partial charge on any atom is -0.483 e. The number of allylic oxidation sites excluding steroid dienone is 1. The summed E-state index contributed by atoms with van der Waals surface area (Å²) in [5, 5.41) is 22.4. The van der Waals surface area contributed by atoms with Gasteiger partial charge in [-0.15, -0.1) is 0 Å². The fourth-order valence-electron chi connectivity index (χ4n) is 4.49. The second-order valence-electron chi connectivity index (χ2n) is 9.01. The lowest BCUT2D eigenvalue weighted by molar-refractivity contribution is -0.384. The van der Waals surface area contributed by atoms with Gasteiger partial charge < -0.3 is 19.9 Å². The van der Waals surface area contributed by atoms with Crippen LogP contribution in [-0.2, 0) is 19.1 Å². The number of nitriles is 1. The molecule has 2 N–H and O–H groups in total. The molecular weight excluding hydrogens is 492 g/mol. The van der Waals surface area contributed by atoms with Crippen molar-refractivity contribution in [3.63, 3.8) is 0 Å². The van der Waals surface area contributed by atoms with E-state index in [1.54, 1.807) is 56.3 Å². The number of hydrogen-bond acceptors (Lipinski definition) is 10. The number of fused-ring (bicyclic) bond motifs is 1. The molecule has 11 heteroatoms. The predicted molar refractivity (Wildman–Crippen MR) is 136 cm³/mol. The van der Waals surface area contributed by atoms with E-state index in [0.29, 0.717) is 11.1 Å². The van der Waals surface area contributed by atoms with Crippen molar-refractivity contribution in [2.45, 2.75) is 25.4 Å². The Balaban J connectivity index is 2.10. The number of hydrogen-bond donors (Lipinski definition) is 1. The molecule has 0 fully saturated rings. The van der Waals surface area contributed by atoms with Crippen molar-refractivity contribution < 1.29 is 28.7 Å².